The van der Waals surface area contributed by atoms with Crippen LogP contribution in [0.2, 0.25) is 0 Å². The van der Waals surface area contributed by atoms with Crippen LogP contribution in [0, 0.1) is 27.7 Å². The summed E-state index contributed by atoms with van der Waals surface area (Å²) in [6.07, 6.45) is -0.278. The van der Waals surface area contributed by atoms with E-state index in [0.717, 1.165) is 41.0 Å². The Labute approximate surface area is 290 Å². The van der Waals surface area contributed by atoms with Crippen LogP contribution in [-0.2, 0) is 26.7 Å². The van der Waals surface area contributed by atoms with E-state index in [1.165, 1.54) is 28.1 Å². The van der Waals surface area contributed by atoms with Crippen molar-refractivity contribution in [1.82, 2.24) is 24.5 Å². The molecule has 2 aromatic heterocycles. The number of aromatic nitrogens is 6. The third-order valence-corrected chi connectivity index (χ3v) is 7.79. The van der Waals surface area contributed by atoms with Gasteiger partial charge in [-0.25, -0.2) is 14.2 Å². The monoisotopic (exact) mass is 808 g/mol. The number of nitrogens with zero attached hydrogens (tertiary/aromatic N) is 6. The van der Waals surface area contributed by atoms with Crippen LogP contribution >= 0.6 is 0 Å². The van der Waals surface area contributed by atoms with E-state index >= 15 is 0 Å². The molecule has 0 aliphatic carbocycles. The fourth-order valence-electron chi connectivity index (χ4n) is 5.63. The predicted octanol–water partition coefficient (Wildman–Crippen LogP) is 6.49. The molecule has 2 atom stereocenters. The quantitative estimate of drug-likeness (QED) is 0.194. The average molecular weight is 808 g/mol. The van der Waals surface area contributed by atoms with Gasteiger partial charge in [0, 0.05) is 43.3 Å². The van der Waals surface area contributed by atoms with Gasteiger partial charge in [-0.1, -0.05) is 89.6 Å². The van der Waals surface area contributed by atoms with Crippen LogP contribution in [0.25, 0.3) is 34.2 Å². The first kappa shape index (κ1) is 35.6. The standard InChI is InChI=1S/C17H16N3.C16H15N3.C5H12O2.Ir/c1-12-7-3-6-10-16(12)20-17-15-9-5-4-8-14(15)11-19(17)13(2)18-20;1-12-8-6-7-11-15(12)19-16(17-13(2)18-19)14-9-4-3-5-10-14;1-4(6)3-5(2)7;/h3-10H,11H2,1-2H3;3-11H,1-2H3;4-7H,3H2,1-2H3;/q+1;;;. The molecule has 0 saturated carbocycles. The first-order chi connectivity index (χ1) is 22.1. The summed E-state index contributed by atoms with van der Waals surface area (Å²) in [5.74, 6) is 3.90. The minimum Gasteiger partial charge on any atom is -0.393 e. The number of aliphatic hydroxyl groups is 2. The van der Waals surface area contributed by atoms with Gasteiger partial charge in [0.1, 0.15) is 11.5 Å². The summed E-state index contributed by atoms with van der Waals surface area (Å²) in [5, 5.41) is 26.4. The van der Waals surface area contributed by atoms with Crippen molar-refractivity contribution >= 4 is 0 Å². The molecule has 9 heteroatoms. The van der Waals surface area contributed by atoms with E-state index in [1.54, 1.807) is 13.8 Å². The summed E-state index contributed by atoms with van der Waals surface area (Å²) in [4.78, 5) is 4.55. The minimum atomic E-state index is -0.375. The van der Waals surface area contributed by atoms with Crippen LogP contribution in [0.3, 0.4) is 0 Å². The van der Waals surface area contributed by atoms with Crippen molar-refractivity contribution in [2.24, 2.45) is 0 Å². The van der Waals surface area contributed by atoms with Crippen LogP contribution in [0.4, 0.5) is 0 Å². The molecule has 7 rings (SSSR count). The second-order valence-electron chi connectivity index (χ2n) is 11.8. The van der Waals surface area contributed by atoms with E-state index in [1.807, 2.05) is 41.9 Å². The first-order valence-electron chi connectivity index (χ1n) is 15.7. The number of aliphatic hydroxyl groups excluding tert-OH is 2. The zero-order valence-corrected chi connectivity index (χ0v) is 30.2. The summed E-state index contributed by atoms with van der Waals surface area (Å²) < 4.78 is 6.29. The second-order valence-corrected chi connectivity index (χ2v) is 11.8. The molecule has 2 N–H and O–H groups in total. The predicted molar refractivity (Wildman–Crippen MR) is 182 cm³/mol. The zero-order valence-electron chi connectivity index (χ0n) is 27.8. The molecule has 8 nitrogen and oxygen atoms in total. The Hall–Kier alpha value is -4.27. The van der Waals surface area contributed by atoms with E-state index in [2.05, 4.69) is 113 Å². The van der Waals surface area contributed by atoms with E-state index < -0.39 is 0 Å². The maximum Gasteiger partial charge on any atom is 0.275 e. The van der Waals surface area contributed by atoms with Crippen LogP contribution in [0.15, 0.2) is 103 Å². The molecule has 0 spiro atoms. The van der Waals surface area contributed by atoms with Crippen molar-refractivity contribution in [2.75, 3.05) is 0 Å². The van der Waals surface area contributed by atoms with Gasteiger partial charge in [-0.3, -0.25) is 0 Å². The summed E-state index contributed by atoms with van der Waals surface area (Å²) in [7, 11) is 0. The largest absolute Gasteiger partial charge is 0.393 e. The summed E-state index contributed by atoms with van der Waals surface area (Å²) in [6, 6.07) is 35.3. The van der Waals surface area contributed by atoms with Gasteiger partial charge in [-0.2, -0.15) is 5.10 Å². The molecule has 2 unspecified atom stereocenters. The molecule has 0 bridgehead atoms. The van der Waals surface area contributed by atoms with Crippen LogP contribution in [0.1, 0.15) is 48.6 Å². The van der Waals surface area contributed by atoms with Crippen molar-refractivity contribution in [3.05, 3.63) is 131 Å². The van der Waals surface area contributed by atoms with Gasteiger partial charge in [-0.15, -0.1) is 0 Å². The molecular formula is C38H43IrN6O2+. The number of rotatable bonds is 5. The topological polar surface area (TPSA) is 92.9 Å². The van der Waals surface area contributed by atoms with Gasteiger partial charge >= 0.3 is 0 Å². The molecule has 47 heavy (non-hydrogen) atoms. The third kappa shape index (κ3) is 8.37. The Kier molecular flexibility index (Phi) is 12.1. The van der Waals surface area contributed by atoms with Gasteiger partial charge in [0.05, 0.1) is 30.0 Å². The maximum absolute atomic E-state index is 8.56. The number of para-hydroxylation sites is 2. The zero-order chi connectivity index (χ0) is 32.8. The van der Waals surface area contributed by atoms with Gasteiger partial charge in [0.15, 0.2) is 5.82 Å². The van der Waals surface area contributed by atoms with Crippen LogP contribution < -0.4 is 4.57 Å². The molecule has 1 aliphatic heterocycles. The molecule has 0 saturated heterocycles. The van der Waals surface area contributed by atoms with Crippen LogP contribution in [0.5, 0.6) is 0 Å². The molecular weight excluding hydrogens is 765 g/mol. The number of hydrogen-bond donors (Lipinski definition) is 2. The number of fused-ring (bicyclic) bond motifs is 3. The second kappa shape index (κ2) is 16.0. The normalized spacial score (nSPS) is 12.3. The summed E-state index contributed by atoms with van der Waals surface area (Å²) in [6.45, 7) is 12.4. The van der Waals surface area contributed by atoms with E-state index in [-0.39, 0.29) is 32.3 Å². The smallest absolute Gasteiger partial charge is 0.275 e. The Morgan fingerprint density at radius 1 is 0.681 bits per heavy atom. The molecule has 3 heterocycles. The maximum atomic E-state index is 8.56. The van der Waals surface area contributed by atoms with Crippen molar-refractivity contribution in [3.63, 3.8) is 0 Å². The minimum absolute atomic E-state index is 0. The van der Waals surface area contributed by atoms with Gasteiger partial charge in [0.25, 0.3) is 11.6 Å². The van der Waals surface area contributed by atoms with Crippen molar-refractivity contribution in [2.45, 2.75) is 66.7 Å². The van der Waals surface area contributed by atoms with E-state index in [9.17, 15) is 0 Å². The number of hydrogen-bond acceptors (Lipinski definition) is 5. The van der Waals surface area contributed by atoms with E-state index in [4.69, 9.17) is 15.3 Å². The van der Waals surface area contributed by atoms with Gasteiger partial charge < -0.3 is 10.2 Å². The van der Waals surface area contributed by atoms with Gasteiger partial charge in [0.2, 0.25) is 0 Å². The Morgan fingerprint density at radius 3 is 1.79 bits per heavy atom. The molecule has 6 aromatic rings. The fraction of sp³-hybridized carbons (Fsp3) is 0.263. The van der Waals surface area contributed by atoms with Crippen molar-refractivity contribution in [1.29, 1.82) is 0 Å². The van der Waals surface area contributed by atoms with Gasteiger partial charge in [-0.05, 0) is 70.4 Å². The van der Waals surface area contributed by atoms with Crippen molar-refractivity contribution in [3.8, 4) is 34.2 Å². The molecule has 4 aromatic carbocycles. The summed E-state index contributed by atoms with van der Waals surface area (Å²) in [5.41, 5.74) is 8.38. The fourth-order valence-corrected chi connectivity index (χ4v) is 5.63. The third-order valence-electron chi connectivity index (χ3n) is 7.79. The number of aryl methyl sites for hydroxylation is 4. The molecule has 245 valence electrons. The molecule has 1 radical (unpaired) electrons. The molecule has 0 amide bonds. The van der Waals surface area contributed by atoms with Crippen molar-refractivity contribution < 1.29 is 34.9 Å². The molecule has 1 aliphatic rings. The number of benzene rings is 4. The average Bonchev–Trinajstić information content (AvgIpc) is 3.71. The van der Waals surface area contributed by atoms with E-state index in [0.29, 0.717) is 6.42 Å². The first-order valence-corrected chi connectivity index (χ1v) is 15.7. The SMILES string of the molecule is CC(O)CC(C)O.Cc1ccccc1-n1nc(C)[n+]2c1-c1ccccc1C2.Cc1nc(-c2ccccc2)n(-c2ccccc2C)n1.[Ir]. The Bertz CT molecular complexity index is 1910. The Balaban J connectivity index is 0.000000175. The van der Waals surface area contributed by atoms with Crippen LogP contribution in [-0.4, -0.2) is 47.0 Å². The molecule has 0 fully saturated rings. The summed E-state index contributed by atoms with van der Waals surface area (Å²) >= 11 is 0. The Morgan fingerprint density at radius 2 is 1.21 bits per heavy atom.